The molecule has 19 heavy (non-hydrogen) atoms. The zero-order valence-electron chi connectivity index (χ0n) is 10.9. The normalized spacial score (nSPS) is 19.4. The molecule has 1 heterocycles. The van der Waals surface area contributed by atoms with Crippen molar-refractivity contribution in [2.45, 2.75) is 44.6 Å². The van der Waals surface area contributed by atoms with Crippen molar-refractivity contribution in [3.05, 3.63) is 35.4 Å². The quantitative estimate of drug-likeness (QED) is 0.888. The summed E-state index contributed by atoms with van der Waals surface area (Å²) in [7, 11) is 0. The smallest absolute Gasteiger partial charge is 0.137 e. The van der Waals surface area contributed by atoms with E-state index < -0.39 is 11.6 Å². The zero-order chi connectivity index (χ0) is 13.7. The summed E-state index contributed by atoms with van der Waals surface area (Å²) in [5, 5.41) is 3.37. The number of piperidine rings is 1. The summed E-state index contributed by atoms with van der Waals surface area (Å²) in [5.41, 5.74) is 0.154. The first-order valence-electron chi connectivity index (χ1n) is 6.84. The van der Waals surface area contributed by atoms with E-state index in [0.717, 1.165) is 37.6 Å². The molecule has 1 aromatic carbocycles. The van der Waals surface area contributed by atoms with Gasteiger partial charge in [0.25, 0.3) is 0 Å². The molecule has 1 saturated heterocycles. The lowest BCUT2D eigenvalue weighted by molar-refractivity contribution is -0.118. The highest BCUT2D eigenvalue weighted by molar-refractivity contribution is 5.80. The summed E-state index contributed by atoms with van der Waals surface area (Å²) >= 11 is 0. The van der Waals surface area contributed by atoms with Gasteiger partial charge in [-0.05, 0) is 49.6 Å². The van der Waals surface area contributed by atoms with Gasteiger partial charge in [0.15, 0.2) is 0 Å². The minimum absolute atomic E-state index is 0.0175. The summed E-state index contributed by atoms with van der Waals surface area (Å²) in [5.74, 6) is -1.04. The van der Waals surface area contributed by atoms with Gasteiger partial charge in [0.05, 0.1) is 0 Å². The molecule has 2 nitrogen and oxygen atoms in total. The lowest BCUT2D eigenvalue weighted by Gasteiger charge is -2.22. The van der Waals surface area contributed by atoms with Crippen molar-refractivity contribution in [2.75, 3.05) is 6.54 Å². The van der Waals surface area contributed by atoms with Gasteiger partial charge in [0, 0.05) is 18.9 Å². The topological polar surface area (TPSA) is 29.1 Å². The number of nitrogens with one attached hydrogen (secondary N) is 1. The molecule has 1 unspecified atom stereocenters. The van der Waals surface area contributed by atoms with E-state index in [-0.39, 0.29) is 17.8 Å². The number of benzene rings is 1. The van der Waals surface area contributed by atoms with Crippen molar-refractivity contribution in [2.24, 2.45) is 0 Å². The molecule has 0 aromatic heterocycles. The van der Waals surface area contributed by atoms with Gasteiger partial charge in [-0.2, -0.15) is 0 Å². The van der Waals surface area contributed by atoms with Crippen molar-refractivity contribution in [1.82, 2.24) is 5.32 Å². The van der Waals surface area contributed by atoms with Crippen LogP contribution >= 0.6 is 0 Å². The van der Waals surface area contributed by atoms with E-state index in [2.05, 4.69) is 5.32 Å². The van der Waals surface area contributed by atoms with Crippen LogP contribution in [-0.4, -0.2) is 18.4 Å². The molecular formula is C15H19F2NO. The summed E-state index contributed by atoms with van der Waals surface area (Å²) in [6.45, 7) is 1.01. The highest BCUT2D eigenvalue weighted by atomic mass is 19.1. The van der Waals surface area contributed by atoms with Crippen LogP contribution in [0.4, 0.5) is 8.78 Å². The summed E-state index contributed by atoms with van der Waals surface area (Å²) in [6, 6.07) is 3.64. The lowest BCUT2D eigenvalue weighted by atomic mass is 9.97. The Morgan fingerprint density at radius 2 is 2.16 bits per heavy atom. The van der Waals surface area contributed by atoms with Crippen LogP contribution in [0.5, 0.6) is 0 Å². The van der Waals surface area contributed by atoms with Gasteiger partial charge in [0.1, 0.15) is 17.4 Å². The van der Waals surface area contributed by atoms with E-state index in [9.17, 15) is 13.6 Å². The molecule has 0 saturated carbocycles. The second-order valence-electron chi connectivity index (χ2n) is 5.14. The second kappa shape index (κ2) is 6.75. The van der Waals surface area contributed by atoms with Crippen LogP contribution in [0.2, 0.25) is 0 Å². The van der Waals surface area contributed by atoms with E-state index in [0.29, 0.717) is 12.5 Å². The Morgan fingerprint density at radius 3 is 2.89 bits per heavy atom. The van der Waals surface area contributed by atoms with Gasteiger partial charge < -0.3 is 5.32 Å². The van der Waals surface area contributed by atoms with Gasteiger partial charge >= 0.3 is 0 Å². The number of ketones is 1. The van der Waals surface area contributed by atoms with Gasteiger partial charge in [-0.25, -0.2) is 8.78 Å². The molecule has 0 bridgehead atoms. The maximum Gasteiger partial charge on any atom is 0.137 e. The standard InChI is InChI=1S/C15H19F2NO/c16-12-4-7-15(17)11(9-12)10-14(19)6-5-13-3-1-2-8-18-13/h4,7,9,13,18H,1-3,5-6,8,10H2. The summed E-state index contributed by atoms with van der Waals surface area (Å²) in [4.78, 5) is 11.8. The predicted molar refractivity (Wildman–Crippen MR) is 69.9 cm³/mol. The third-order valence-corrected chi connectivity index (χ3v) is 3.58. The van der Waals surface area contributed by atoms with Crippen molar-refractivity contribution < 1.29 is 13.6 Å². The first-order valence-corrected chi connectivity index (χ1v) is 6.84. The Morgan fingerprint density at radius 1 is 1.32 bits per heavy atom. The van der Waals surface area contributed by atoms with E-state index >= 15 is 0 Å². The highest BCUT2D eigenvalue weighted by Crippen LogP contribution is 2.15. The SMILES string of the molecule is O=C(CCC1CCCCN1)Cc1cc(F)ccc1F. The average molecular weight is 267 g/mol. The van der Waals surface area contributed by atoms with Crippen LogP contribution in [0.25, 0.3) is 0 Å². The number of hydrogen-bond acceptors (Lipinski definition) is 2. The molecule has 1 N–H and O–H groups in total. The van der Waals surface area contributed by atoms with Crippen LogP contribution in [-0.2, 0) is 11.2 Å². The average Bonchev–Trinajstić information content (AvgIpc) is 2.42. The minimum Gasteiger partial charge on any atom is -0.314 e. The Balaban J connectivity index is 1.81. The maximum absolute atomic E-state index is 13.4. The molecule has 1 fully saturated rings. The zero-order valence-corrected chi connectivity index (χ0v) is 10.9. The van der Waals surface area contributed by atoms with Crippen LogP contribution in [0.1, 0.15) is 37.7 Å². The number of carbonyl (C=O) groups excluding carboxylic acids is 1. The van der Waals surface area contributed by atoms with E-state index in [1.165, 1.54) is 12.8 Å². The fraction of sp³-hybridized carbons (Fsp3) is 0.533. The lowest BCUT2D eigenvalue weighted by Crippen LogP contribution is -2.34. The van der Waals surface area contributed by atoms with Gasteiger partial charge in [-0.15, -0.1) is 0 Å². The second-order valence-corrected chi connectivity index (χ2v) is 5.14. The first-order chi connectivity index (χ1) is 9.15. The molecule has 1 aliphatic heterocycles. The fourth-order valence-electron chi connectivity index (χ4n) is 2.49. The summed E-state index contributed by atoms with van der Waals surface area (Å²) < 4.78 is 26.4. The number of carbonyl (C=O) groups is 1. The Bertz CT molecular complexity index is 442. The van der Waals surface area contributed by atoms with Crippen molar-refractivity contribution in [3.63, 3.8) is 0 Å². The van der Waals surface area contributed by atoms with Gasteiger partial charge in [0.2, 0.25) is 0 Å². The number of rotatable bonds is 5. The Labute approximate surface area is 112 Å². The molecule has 104 valence electrons. The highest BCUT2D eigenvalue weighted by Gasteiger charge is 2.15. The van der Waals surface area contributed by atoms with E-state index in [1.807, 2.05) is 0 Å². The van der Waals surface area contributed by atoms with Crippen molar-refractivity contribution >= 4 is 5.78 Å². The van der Waals surface area contributed by atoms with Crippen LogP contribution < -0.4 is 5.32 Å². The third-order valence-electron chi connectivity index (χ3n) is 3.58. The number of halogens is 2. The molecule has 1 aromatic rings. The van der Waals surface area contributed by atoms with E-state index in [4.69, 9.17) is 0 Å². The first kappa shape index (κ1) is 14.1. The third kappa shape index (κ3) is 4.39. The molecule has 1 atom stereocenters. The Hall–Kier alpha value is -1.29. The molecule has 0 radical (unpaired) electrons. The maximum atomic E-state index is 13.4. The van der Waals surface area contributed by atoms with Crippen LogP contribution in [0, 0.1) is 11.6 Å². The van der Waals surface area contributed by atoms with E-state index in [1.54, 1.807) is 0 Å². The molecular weight excluding hydrogens is 248 g/mol. The van der Waals surface area contributed by atoms with Gasteiger partial charge in [-0.1, -0.05) is 6.42 Å². The van der Waals surface area contributed by atoms with Crippen LogP contribution in [0.15, 0.2) is 18.2 Å². The van der Waals surface area contributed by atoms with Crippen LogP contribution in [0.3, 0.4) is 0 Å². The molecule has 0 spiro atoms. The minimum atomic E-state index is -0.509. The number of Topliss-reactive ketones (excluding diaryl/α,β-unsaturated/α-hetero) is 1. The Kier molecular flexibility index (Phi) is 5.02. The van der Waals surface area contributed by atoms with Crippen molar-refractivity contribution in [1.29, 1.82) is 0 Å². The largest absolute Gasteiger partial charge is 0.314 e. The fourth-order valence-corrected chi connectivity index (χ4v) is 2.49. The molecule has 0 aliphatic carbocycles. The molecule has 2 rings (SSSR count). The molecule has 4 heteroatoms. The molecule has 0 amide bonds. The van der Waals surface area contributed by atoms with Crippen molar-refractivity contribution in [3.8, 4) is 0 Å². The van der Waals surface area contributed by atoms with Gasteiger partial charge in [-0.3, -0.25) is 4.79 Å². The number of hydrogen-bond donors (Lipinski definition) is 1. The monoisotopic (exact) mass is 267 g/mol. The predicted octanol–water partition coefficient (Wildman–Crippen LogP) is 3.00. The molecule has 1 aliphatic rings. The summed E-state index contributed by atoms with van der Waals surface area (Å²) in [6.07, 6.45) is 4.69.